The molecule has 1 heterocycles. The fourth-order valence-corrected chi connectivity index (χ4v) is 3.95. The van der Waals surface area contributed by atoms with E-state index in [4.69, 9.17) is 0 Å². The van der Waals surface area contributed by atoms with Gasteiger partial charge in [-0.05, 0) is 0 Å². The Morgan fingerprint density at radius 3 is 2.39 bits per heavy atom. The first-order chi connectivity index (χ1) is 11.3. The van der Waals surface area contributed by atoms with Gasteiger partial charge in [0.15, 0.2) is 0 Å². The Labute approximate surface area is 144 Å². The van der Waals surface area contributed by atoms with Gasteiger partial charge in [0.2, 0.25) is 0 Å². The van der Waals surface area contributed by atoms with Crippen LogP contribution in [0.5, 0.6) is 0 Å². The van der Waals surface area contributed by atoms with Crippen LogP contribution in [0.1, 0.15) is 11.1 Å². The van der Waals surface area contributed by atoms with E-state index in [2.05, 4.69) is 95.1 Å². The Kier molecular flexibility index (Phi) is 2.82. The van der Waals surface area contributed by atoms with Gasteiger partial charge in [-0.2, -0.15) is 0 Å². The maximum atomic E-state index is 2.43. The van der Waals surface area contributed by atoms with E-state index in [1.165, 1.54) is 43.2 Å². The number of hydrogen-bond donors (Lipinski definition) is 0. The Balaban J connectivity index is 1.95. The van der Waals surface area contributed by atoms with Gasteiger partial charge < -0.3 is 0 Å². The van der Waals surface area contributed by atoms with E-state index < -0.39 is 0 Å². The Morgan fingerprint density at radius 2 is 1.52 bits per heavy atom. The molecule has 0 saturated carbocycles. The summed E-state index contributed by atoms with van der Waals surface area (Å²) in [7, 11) is 0. The predicted molar refractivity (Wildman–Crippen MR) is 96.9 cm³/mol. The molecule has 0 saturated heterocycles. The number of hydrogen-bond acceptors (Lipinski definition) is 0. The fourth-order valence-electron chi connectivity index (χ4n) is 3.95. The predicted octanol–water partition coefficient (Wildman–Crippen LogP) is 4.00. The third kappa shape index (κ3) is 1.81. The summed E-state index contributed by atoms with van der Waals surface area (Å²) in [5, 5.41) is 1.38. The van der Waals surface area contributed by atoms with Crippen LogP contribution >= 0.6 is 0 Å². The van der Waals surface area contributed by atoms with Gasteiger partial charge >= 0.3 is 145 Å². The summed E-state index contributed by atoms with van der Waals surface area (Å²) >= 11 is 2.22. The van der Waals surface area contributed by atoms with E-state index in [9.17, 15) is 0 Å². The van der Waals surface area contributed by atoms with Crippen molar-refractivity contribution in [2.75, 3.05) is 0 Å². The molecule has 1 aliphatic rings. The summed E-state index contributed by atoms with van der Waals surface area (Å²) < 4.78 is 3.82. The number of nitrogens with zero attached hydrogens (tertiary/aromatic N) is 1. The second-order valence-electron chi connectivity index (χ2n) is 6.29. The van der Waals surface area contributed by atoms with E-state index >= 15 is 0 Å². The zero-order valence-electron chi connectivity index (χ0n) is 13.1. The van der Waals surface area contributed by atoms with Crippen molar-refractivity contribution in [1.82, 2.24) is 4.57 Å². The SMILES string of the molecule is [Li][c]1cccc2c1Cc1c-2n(-c2ccccc2)c2ccccc12. The van der Waals surface area contributed by atoms with Gasteiger partial charge in [-0.3, -0.25) is 0 Å². The molecule has 23 heavy (non-hydrogen) atoms. The van der Waals surface area contributed by atoms with E-state index in [0.29, 0.717) is 0 Å². The van der Waals surface area contributed by atoms with Crippen LogP contribution in [-0.2, 0) is 6.42 Å². The van der Waals surface area contributed by atoms with E-state index in [1.807, 2.05) is 0 Å². The average Bonchev–Trinajstić information content (AvgIpc) is 3.12. The number of aromatic nitrogens is 1. The molecule has 1 aliphatic carbocycles. The van der Waals surface area contributed by atoms with Crippen LogP contribution in [0.3, 0.4) is 0 Å². The third-order valence-corrected chi connectivity index (χ3v) is 5.01. The molecule has 1 nitrogen and oxygen atoms in total. The molecule has 5 rings (SSSR count). The molecule has 0 N–H and O–H groups in total. The van der Waals surface area contributed by atoms with Gasteiger partial charge in [0.05, 0.1) is 0 Å². The van der Waals surface area contributed by atoms with Crippen molar-refractivity contribution in [3.63, 3.8) is 0 Å². The van der Waals surface area contributed by atoms with Crippen molar-refractivity contribution < 1.29 is 0 Å². The summed E-state index contributed by atoms with van der Waals surface area (Å²) in [5.41, 5.74) is 8.24. The van der Waals surface area contributed by atoms with Crippen molar-refractivity contribution in [3.05, 3.63) is 83.9 Å². The Morgan fingerprint density at radius 1 is 0.739 bits per heavy atom. The van der Waals surface area contributed by atoms with Gasteiger partial charge in [-0.1, -0.05) is 0 Å². The molecular weight excluding hydrogens is 273 g/mol. The van der Waals surface area contributed by atoms with Gasteiger partial charge in [-0.15, -0.1) is 0 Å². The van der Waals surface area contributed by atoms with Crippen LogP contribution in [0.25, 0.3) is 27.8 Å². The number of fused-ring (bicyclic) bond motifs is 5. The molecule has 0 amide bonds. The second-order valence-corrected chi connectivity index (χ2v) is 6.29. The first kappa shape index (κ1) is 13.3. The minimum atomic E-state index is 1.04. The van der Waals surface area contributed by atoms with Gasteiger partial charge in [-0.25, -0.2) is 0 Å². The van der Waals surface area contributed by atoms with Crippen LogP contribution in [0, 0.1) is 0 Å². The molecule has 2 heteroatoms. The van der Waals surface area contributed by atoms with Crippen molar-refractivity contribution >= 4 is 32.9 Å². The first-order valence-electron chi connectivity index (χ1n) is 8.11. The van der Waals surface area contributed by atoms with E-state index in [-0.39, 0.29) is 0 Å². The van der Waals surface area contributed by atoms with Gasteiger partial charge in [0.1, 0.15) is 0 Å². The quantitative estimate of drug-likeness (QED) is 0.411. The van der Waals surface area contributed by atoms with Crippen LogP contribution < -0.4 is 4.24 Å². The molecule has 0 fully saturated rings. The summed E-state index contributed by atoms with van der Waals surface area (Å²) in [6.45, 7) is 0. The summed E-state index contributed by atoms with van der Waals surface area (Å²) in [5.74, 6) is 0. The zero-order chi connectivity index (χ0) is 15.4. The molecule has 0 spiro atoms. The molecule has 0 unspecified atom stereocenters. The monoisotopic (exact) mass is 287 g/mol. The number of benzene rings is 3. The average molecular weight is 287 g/mol. The Hall–Kier alpha value is -2.20. The summed E-state index contributed by atoms with van der Waals surface area (Å²) in [6, 6.07) is 26.1. The van der Waals surface area contributed by atoms with Crippen molar-refractivity contribution in [3.8, 4) is 16.9 Å². The summed E-state index contributed by atoms with van der Waals surface area (Å²) in [6.07, 6.45) is 1.04. The van der Waals surface area contributed by atoms with Crippen molar-refractivity contribution in [2.24, 2.45) is 0 Å². The molecule has 1 aromatic heterocycles. The molecule has 0 aliphatic heterocycles. The van der Waals surface area contributed by atoms with Crippen LogP contribution in [0.15, 0.2) is 72.8 Å². The van der Waals surface area contributed by atoms with E-state index in [0.717, 1.165) is 6.42 Å². The van der Waals surface area contributed by atoms with Gasteiger partial charge in [0, 0.05) is 0 Å². The zero-order valence-corrected chi connectivity index (χ0v) is 13.1. The number of para-hydroxylation sites is 2. The molecular formula is C21H14LiN. The standard InChI is InChI=1S/C21H14N.Li/c1-2-9-16(10-3-1)22-20-13-7-6-12-18(20)19-14-15-8-4-5-11-17(15)21(19)22;/h1-7,9-13H,14H2;. The molecule has 0 atom stereocenters. The van der Waals surface area contributed by atoms with Crippen LogP contribution in [0.4, 0.5) is 0 Å². The molecule has 0 radical (unpaired) electrons. The molecule has 3 aromatic carbocycles. The number of rotatable bonds is 1. The molecule has 0 bridgehead atoms. The fraction of sp³-hybridized carbons (Fsp3) is 0.0476. The maximum absolute atomic E-state index is 2.43. The third-order valence-electron chi connectivity index (χ3n) is 5.01. The van der Waals surface area contributed by atoms with Crippen LogP contribution in [0.2, 0.25) is 0 Å². The minimum absolute atomic E-state index is 1.04. The normalized spacial score (nSPS) is 12.4. The second kappa shape index (κ2) is 4.90. The molecule has 4 aromatic rings. The first-order valence-corrected chi connectivity index (χ1v) is 8.11. The van der Waals surface area contributed by atoms with Crippen molar-refractivity contribution in [2.45, 2.75) is 6.42 Å². The van der Waals surface area contributed by atoms with Gasteiger partial charge in [0.25, 0.3) is 0 Å². The topological polar surface area (TPSA) is 4.93 Å². The summed E-state index contributed by atoms with van der Waals surface area (Å²) in [4.78, 5) is 0. The molecule has 104 valence electrons. The van der Waals surface area contributed by atoms with Crippen molar-refractivity contribution in [1.29, 1.82) is 0 Å². The van der Waals surface area contributed by atoms with E-state index in [1.54, 1.807) is 0 Å². The van der Waals surface area contributed by atoms with Crippen LogP contribution in [-0.4, -0.2) is 22.3 Å². The Bertz CT molecular complexity index is 1040.